The summed E-state index contributed by atoms with van der Waals surface area (Å²) in [5.74, 6) is 4.31. The molecule has 30 heavy (non-hydrogen) atoms. The molecular weight excluding hydrogens is 372 g/mol. The molecule has 4 rings (SSSR count). The zero-order valence-electron chi connectivity index (χ0n) is 19.8. The van der Waals surface area contributed by atoms with E-state index in [4.69, 9.17) is 0 Å². The van der Waals surface area contributed by atoms with Gasteiger partial charge in [-0.05, 0) is 97.7 Å². The Bertz CT molecular complexity index is 644. The van der Waals surface area contributed by atoms with Crippen molar-refractivity contribution in [2.24, 2.45) is 46.3 Å². The molecule has 3 fully saturated rings. The summed E-state index contributed by atoms with van der Waals surface area (Å²) < 4.78 is 0. The second-order valence-electron chi connectivity index (χ2n) is 12.2. The van der Waals surface area contributed by atoms with Crippen molar-refractivity contribution in [3.05, 3.63) is 11.6 Å². The molecule has 0 saturated heterocycles. The van der Waals surface area contributed by atoms with Crippen molar-refractivity contribution < 1.29 is 15.3 Å². The van der Waals surface area contributed by atoms with Crippen molar-refractivity contribution in [3.63, 3.8) is 0 Å². The molecule has 0 spiro atoms. The first-order valence-electron chi connectivity index (χ1n) is 12.9. The summed E-state index contributed by atoms with van der Waals surface area (Å²) in [6.07, 6.45) is 13.0. The fraction of sp³-hybridized carbons (Fsp3) is 0.926. The first-order valence-corrected chi connectivity index (χ1v) is 12.9. The van der Waals surface area contributed by atoms with E-state index in [0.717, 1.165) is 36.5 Å². The molecule has 3 heteroatoms. The van der Waals surface area contributed by atoms with E-state index in [1.165, 1.54) is 50.5 Å². The zero-order valence-corrected chi connectivity index (χ0v) is 19.8. The summed E-state index contributed by atoms with van der Waals surface area (Å²) in [6.45, 7) is 9.98. The van der Waals surface area contributed by atoms with E-state index in [-0.39, 0.29) is 5.41 Å². The minimum absolute atomic E-state index is 0.0903. The second kappa shape index (κ2) is 8.52. The van der Waals surface area contributed by atoms with Gasteiger partial charge in [-0.2, -0.15) is 0 Å². The Morgan fingerprint density at radius 2 is 1.80 bits per heavy atom. The average molecular weight is 419 g/mol. The fourth-order valence-corrected chi connectivity index (χ4v) is 8.74. The number of allylic oxidation sites excluding steroid dienone is 1. The zero-order chi connectivity index (χ0) is 21.7. The third kappa shape index (κ3) is 3.71. The Morgan fingerprint density at radius 3 is 2.53 bits per heavy atom. The molecule has 0 aromatic carbocycles. The molecule has 3 nitrogen and oxygen atoms in total. The predicted octanol–water partition coefficient (Wildman–Crippen LogP) is 5.33. The molecule has 1 unspecified atom stereocenters. The molecule has 4 aliphatic carbocycles. The highest BCUT2D eigenvalue weighted by Crippen LogP contribution is 2.67. The lowest BCUT2D eigenvalue weighted by Crippen LogP contribution is -2.53. The summed E-state index contributed by atoms with van der Waals surface area (Å²) >= 11 is 0. The molecule has 0 aromatic heterocycles. The monoisotopic (exact) mass is 418 g/mol. The van der Waals surface area contributed by atoms with Crippen LogP contribution in [0.15, 0.2) is 11.6 Å². The molecule has 0 aromatic rings. The van der Waals surface area contributed by atoms with Crippen LogP contribution in [0.5, 0.6) is 0 Å². The average Bonchev–Trinajstić information content (AvgIpc) is 3.06. The van der Waals surface area contributed by atoms with Crippen LogP contribution in [0.2, 0.25) is 0 Å². The summed E-state index contributed by atoms with van der Waals surface area (Å²) in [7, 11) is 0. The van der Waals surface area contributed by atoms with Gasteiger partial charge in [0.05, 0.1) is 12.2 Å². The fourth-order valence-electron chi connectivity index (χ4n) is 8.74. The number of aliphatic hydroxyl groups excluding tert-OH is 3. The first kappa shape index (κ1) is 22.8. The minimum Gasteiger partial charge on any atom is -0.396 e. The normalized spacial score (nSPS) is 47.6. The minimum atomic E-state index is -0.569. The van der Waals surface area contributed by atoms with Gasteiger partial charge in [0, 0.05) is 6.61 Å². The van der Waals surface area contributed by atoms with E-state index >= 15 is 0 Å². The molecule has 0 amide bonds. The van der Waals surface area contributed by atoms with Gasteiger partial charge >= 0.3 is 0 Å². The Kier molecular flexibility index (Phi) is 6.48. The maximum absolute atomic E-state index is 10.5. The van der Waals surface area contributed by atoms with Gasteiger partial charge in [0.25, 0.3) is 0 Å². The topological polar surface area (TPSA) is 60.7 Å². The molecule has 0 radical (unpaired) electrons. The van der Waals surface area contributed by atoms with Gasteiger partial charge in [0.2, 0.25) is 0 Å². The Hall–Kier alpha value is -0.380. The van der Waals surface area contributed by atoms with E-state index in [1.54, 1.807) is 0 Å². The lowest BCUT2D eigenvalue weighted by molar-refractivity contribution is -0.0889. The molecule has 4 aliphatic rings. The van der Waals surface area contributed by atoms with Gasteiger partial charge in [0.15, 0.2) is 0 Å². The highest BCUT2D eigenvalue weighted by atomic mass is 16.3. The summed E-state index contributed by atoms with van der Waals surface area (Å²) in [4.78, 5) is 0. The number of aliphatic hydroxyl groups is 3. The summed E-state index contributed by atoms with van der Waals surface area (Å²) in [5, 5.41) is 30.0. The van der Waals surface area contributed by atoms with Crippen LogP contribution in [-0.4, -0.2) is 34.1 Å². The van der Waals surface area contributed by atoms with Gasteiger partial charge in [-0.1, -0.05) is 52.2 Å². The van der Waals surface area contributed by atoms with Crippen LogP contribution in [0.4, 0.5) is 0 Å². The third-order valence-electron chi connectivity index (χ3n) is 10.6. The highest BCUT2D eigenvalue weighted by Gasteiger charge is 2.59. The lowest BCUT2D eigenvalue weighted by atomic mass is 9.46. The summed E-state index contributed by atoms with van der Waals surface area (Å²) in [6, 6.07) is 0. The molecular formula is C27H46O3. The van der Waals surface area contributed by atoms with Crippen LogP contribution in [-0.2, 0) is 0 Å². The van der Waals surface area contributed by atoms with Crippen molar-refractivity contribution in [2.75, 3.05) is 6.61 Å². The van der Waals surface area contributed by atoms with Crippen molar-refractivity contribution in [1.29, 1.82) is 0 Å². The maximum Gasteiger partial charge on any atom is 0.0836 e. The molecule has 0 heterocycles. The highest BCUT2D eigenvalue weighted by molar-refractivity contribution is 5.26. The van der Waals surface area contributed by atoms with E-state index in [9.17, 15) is 15.3 Å². The first-order chi connectivity index (χ1) is 14.2. The van der Waals surface area contributed by atoms with Gasteiger partial charge in [-0.3, -0.25) is 0 Å². The van der Waals surface area contributed by atoms with E-state index < -0.39 is 12.2 Å². The van der Waals surface area contributed by atoms with Crippen molar-refractivity contribution in [1.82, 2.24) is 0 Å². The van der Waals surface area contributed by atoms with Crippen molar-refractivity contribution in [3.8, 4) is 0 Å². The standard InChI is InChI=1S/C27H46O3/c1-17(16-28)6-5-7-18(2)21-10-11-22-20-9-8-19-14-24(29)25(30)15-27(19,4)23(20)12-13-26(21,22)3/h8,17-18,20-25,28-30H,5-7,9-16H2,1-4H3/t17-,18-,20+,21-,22+,23+,24?,25+,26-,27+/m1/s1. The van der Waals surface area contributed by atoms with Crippen LogP contribution in [0, 0.1) is 46.3 Å². The Balaban J connectivity index is 1.47. The molecule has 0 aliphatic heterocycles. The number of rotatable bonds is 6. The second-order valence-corrected chi connectivity index (χ2v) is 12.2. The Labute approximate surface area is 184 Å². The lowest BCUT2D eigenvalue weighted by Gasteiger charge is -2.59. The smallest absolute Gasteiger partial charge is 0.0836 e. The van der Waals surface area contributed by atoms with Gasteiger partial charge in [-0.25, -0.2) is 0 Å². The van der Waals surface area contributed by atoms with Crippen LogP contribution in [0.1, 0.15) is 91.9 Å². The molecule has 3 N–H and O–H groups in total. The van der Waals surface area contributed by atoms with Crippen LogP contribution >= 0.6 is 0 Å². The SMILES string of the molecule is C[C@@H](CO)CCC[C@@H](C)[C@H]1CC[C@H]2[C@@H]3CC=C4CC(O)[C@@H](O)C[C@]4(C)[C@H]3CC[C@]12C. The van der Waals surface area contributed by atoms with E-state index in [1.807, 2.05) is 0 Å². The number of hydrogen-bond donors (Lipinski definition) is 3. The van der Waals surface area contributed by atoms with Crippen LogP contribution in [0.25, 0.3) is 0 Å². The predicted molar refractivity (Wildman–Crippen MR) is 122 cm³/mol. The molecule has 0 bridgehead atoms. The molecule has 3 saturated carbocycles. The quantitative estimate of drug-likeness (QED) is 0.511. The maximum atomic E-state index is 10.5. The van der Waals surface area contributed by atoms with E-state index in [2.05, 4.69) is 33.8 Å². The third-order valence-corrected chi connectivity index (χ3v) is 10.6. The van der Waals surface area contributed by atoms with Crippen LogP contribution < -0.4 is 0 Å². The summed E-state index contributed by atoms with van der Waals surface area (Å²) in [5.41, 5.74) is 2.00. The van der Waals surface area contributed by atoms with Gasteiger partial charge in [-0.15, -0.1) is 0 Å². The van der Waals surface area contributed by atoms with Gasteiger partial charge < -0.3 is 15.3 Å². The van der Waals surface area contributed by atoms with Crippen molar-refractivity contribution >= 4 is 0 Å². The van der Waals surface area contributed by atoms with Crippen LogP contribution in [0.3, 0.4) is 0 Å². The largest absolute Gasteiger partial charge is 0.396 e. The number of hydrogen-bond acceptors (Lipinski definition) is 3. The molecule has 172 valence electrons. The molecule has 10 atom stereocenters. The van der Waals surface area contributed by atoms with E-state index in [0.29, 0.717) is 30.3 Å². The Morgan fingerprint density at radius 1 is 1.03 bits per heavy atom. The number of fused-ring (bicyclic) bond motifs is 5. The van der Waals surface area contributed by atoms with Gasteiger partial charge in [0.1, 0.15) is 0 Å². The van der Waals surface area contributed by atoms with Crippen molar-refractivity contribution in [2.45, 2.75) is 104 Å².